The number of nitrogens with one attached hydrogen (secondary N) is 1. The molecular formula is C17H30N2S. The maximum Gasteiger partial charge on any atom is 0.0962 e. The lowest BCUT2D eigenvalue weighted by Gasteiger charge is -2.27. The predicted octanol–water partition coefficient (Wildman–Crippen LogP) is 4.89. The van der Waals surface area contributed by atoms with Gasteiger partial charge < -0.3 is 5.32 Å². The molecule has 114 valence electrons. The van der Waals surface area contributed by atoms with Gasteiger partial charge in [0.05, 0.1) is 10.7 Å². The van der Waals surface area contributed by atoms with E-state index >= 15 is 0 Å². The van der Waals surface area contributed by atoms with Gasteiger partial charge >= 0.3 is 0 Å². The van der Waals surface area contributed by atoms with Crippen molar-refractivity contribution in [1.82, 2.24) is 10.3 Å². The van der Waals surface area contributed by atoms with Crippen molar-refractivity contribution in [3.63, 3.8) is 0 Å². The Morgan fingerprint density at radius 2 is 1.90 bits per heavy atom. The van der Waals surface area contributed by atoms with Gasteiger partial charge in [-0.2, -0.15) is 0 Å². The monoisotopic (exact) mass is 294 g/mol. The van der Waals surface area contributed by atoms with Crippen LogP contribution in [0.3, 0.4) is 0 Å². The molecule has 0 radical (unpaired) electrons. The van der Waals surface area contributed by atoms with E-state index in [1.807, 2.05) is 18.4 Å². The van der Waals surface area contributed by atoms with E-state index in [1.54, 1.807) is 0 Å². The van der Waals surface area contributed by atoms with Crippen LogP contribution in [0, 0.1) is 5.92 Å². The van der Waals surface area contributed by atoms with E-state index in [1.165, 1.54) is 60.5 Å². The van der Waals surface area contributed by atoms with Crippen LogP contribution in [0.2, 0.25) is 0 Å². The van der Waals surface area contributed by atoms with Gasteiger partial charge in [0.2, 0.25) is 0 Å². The minimum Gasteiger partial charge on any atom is -0.315 e. The van der Waals surface area contributed by atoms with Crippen LogP contribution in [0.1, 0.15) is 80.3 Å². The number of thiazole rings is 1. The first kappa shape index (κ1) is 16.0. The Hall–Kier alpha value is -0.410. The fraction of sp³-hybridized carbons (Fsp3) is 0.824. The van der Waals surface area contributed by atoms with E-state index < -0.39 is 0 Å². The largest absolute Gasteiger partial charge is 0.315 e. The van der Waals surface area contributed by atoms with Crippen LogP contribution in [0.25, 0.3) is 0 Å². The third-order valence-electron chi connectivity index (χ3n) is 4.51. The average molecular weight is 295 g/mol. The van der Waals surface area contributed by atoms with Crippen LogP contribution in [0.15, 0.2) is 0 Å². The van der Waals surface area contributed by atoms with Gasteiger partial charge in [-0.15, -0.1) is 11.3 Å². The van der Waals surface area contributed by atoms with Crippen LogP contribution in [-0.2, 0) is 13.0 Å². The Morgan fingerprint density at radius 3 is 2.50 bits per heavy atom. The van der Waals surface area contributed by atoms with Crippen molar-refractivity contribution in [2.75, 3.05) is 7.05 Å². The molecule has 2 nitrogen and oxygen atoms in total. The molecule has 1 saturated carbocycles. The number of aryl methyl sites for hydroxylation is 1. The first-order valence-electron chi connectivity index (χ1n) is 8.41. The molecule has 3 heteroatoms. The molecule has 1 N–H and O–H groups in total. The second-order valence-corrected chi connectivity index (χ2v) is 7.32. The van der Waals surface area contributed by atoms with Crippen molar-refractivity contribution in [2.45, 2.75) is 77.7 Å². The molecule has 1 aliphatic carbocycles. The third kappa shape index (κ3) is 4.05. The van der Waals surface area contributed by atoms with Crippen molar-refractivity contribution < 1.29 is 0 Å². The Kier molecular flexibility index (Phi) is 6.50. The van der Waals surface area contributed by atoms with Gasteiger partial charge in [-0.25, -0.2) is 4.98 Å². The number of aromatic nitrogens is 1. The topological polar surface area (TPSA) is 24.9 Å². The zero-order valence-electron chi connectivity index (χ0n) is 13.4. The summed E-state index contributed by atoms with van der Waals surface area (Å²) >= 11 is 1.97. The van der Waals surface area contributed by atoms with Gasteiger partial charge in [0, 0.05) is 17.3 Å². The first-order valence-corrected chi connectivity index (χ1v) is 9.23. The highest BCUT2D eigenvalue weighted by atomic mass is 32.1. The molecule has 1 fully saturated rings. The van der Waals surface area contributed by atoms with E-state index in [0.29, 0.717) is 0 Å². The molecule has 2 rings (SSSR count). The van der Waals surface area contributed by atoms with E-state index in [-0.39, 0.29) is 0 Å². The lowest BCUT2D eigenvalue weighted by atomic mass is 9.80. The van der Waals surface area contributed by atoms with E-state index in [0.717, 1.165) is 24.8 Å². The Bertz CT molecular complexity index is 368. The molecule has 0 atom stereocenters. The molecule has 1 heterocycles. The van der Waals surface area contributed by atoms with Crippen LogP contribution < -0.4 is 5.32 Å². The van der Waals surface area contributed by atoms with E-state index in [9.17, 15) is 0 Å². The predicted molar refractivity (Wildman–Crippen MR) is 88.5 cm³/mol. The molecule has 0 amide bonds. The molecule has 1 aromatic heterocycles. The molecule has 1 aromatic rings. The third-order valence-corrected chi connectivity index (χ3v) is 5.77. The smallest absolute Gasteiger partial charge is 0.0962 e. The summed E-state index contributed by atoms with van der Waals surface area (Å²) in [6.45, 7) is 5.55. The van der Waals surface area contributed by atoms with Crippen LogP contribution in [0.4, 0.5) is 0 Å². The van der Waals surface area contributed by atoms with Crippen LogP contribution in [0.5, 0.6) is 0 Å². The summed E-state index contributed by atoms with van der Waals surface area (Å²) in [5.74, 6) is 1.73. The normalized spacial score (nSPS) is 23.1. The lowest BCUT2D eigenvalue weighted by molar-refractivity contribution is 0.308. The molecule has 0 unspecified atom stereocenters. The first-order chi connectivity index (χ1) is 9.78. The summed E-state index contributed by atoms with van der Waals surface area (Å²) in [5.41, 5.74) is 1.36. The zero-order valence-corrected chi connectivity index (χ0v) is 14.2. The number of nitrogens with zero attached hydrogens (tertiary/aromatic N) is 1. The lowest BCUT2D eigenvalue weighted by Crippen LogP contribution is -2.13. The van der Waals surface area contributed by atoms with Gasteiger partial charge in [-0.05, 0) is 45.1 Å². The number of rotatable bonds is 7. The molecular weight excluding hydrogens is 264 g/mol. The highest BCUT2D eigenvalue weighted by molar-refractivity contribution is 7.11. The minimum absolute atomic E-state index is 0.745. The summed E-state index contributed by atoms with van der Waals surface area (Å²) in [5, 5.41) is 4.72. The van der Waals surface area contributed by atoms with Gasteiger partial charge in [0.15, 0.2) is 0 Å². The molecule has 20 heavy (non-hydrogen) atoms. The number of hydrogen-bond acceptors (Lipinski definition) is 3. The quantitative estimate of drug-likeness (QED) is 0.774. The van der Waals surface area contributed by atoms with Crippen LogP contribution in [-0.4, -0.2) is 12.0 Å². The highest BCUT2D eigenvalue weighted by Gasteiger charge is 2.25. The summed E-state index contributed by atoms with van der Waals surface area (Å²) < 4.78 is 0. The average Bonchev–Trinajstić information content (AvgIpc) is 2.84. The standard InChI is InChI=1S/C17H30N2S/c1-4-6-13-8-10-14(11-9-13)17-19-15(7-5-2)16(20-17)12-18-3/h13-14,18H,4-12H2,1-3H3. The van der Waals surface area contributed by atoms with Crippen LogP contribution >= 0.6 is 11.3 Å². The molecule has 0 saturated heterocycles. The second-order valence-electron chi connectivity index (χ2n) is 6.21. The maximum absolute atomic E-state index is 4.99. The summed E-state index contributed by atoms with van der Waals surface area (Å²) in [7, 11) is 2.03. The summed E-state index contributed by atoms with van der Waals surface area (Å²) in [4.78, 5) is 6.46. The Balaban J connectivity index is 2.00. The fourth-order valence-corrected chi connectivity index (χ4v) is 4.71. The Labute approximate surface area is 128 Å². The SMILES string of the molecule is CCCc1nc(C2CCC(CCC)CC2)sc1CNC. The fourth-order valence-electron chi connectivity index (χ4n) is 3.42. The minimum atomic E-state index is 0.745. The maximum atomic E-state index is 4.99. The highest BCUT2D eigenvalue weighted by Crippen LogP contribution is 2.39. The Morgan fingerprint density at radius 1 is 1.15 bits per heavy atom. The summed E-state index contributed by atoms with van der Waals surface area (Å²) in [6, 6.07) is 0. The van der Waals surface area contributed by atoms with E-state index in [4.69, 9.17) is 4.98 Å². The van der Waals surface area contributed by atoms with Gasteiger partial charge in [-0.3, -0.25) is 0 Å². The molecule has 1 aliphatic rings. The van der Waals surface area contributed by atoms with E-state index in [2.05, 4.69) is 19.2 Å². The molecule has 0 aromatic carbocycles. The zero-order chi connectivity index (χ0) is 14.4. The van der Waals surface area contributed by atoms with Gasteiger partial charge in [0.1, 0.15) is 0 Å². The number of hydrogen-bond donors (Lipinski definition) is 1. The summed E-state index contributed by atoms with van der Waals surface area (Å²) in [6.07, 6.45) is 10.7. The molecule has 0 aliphatic heterocycles. The van der Waals surface area contributed by atoms with Crippen molar-refractivity contribution in [3.8, 4) is 0 Å². The van der Waals surface area contributed by atoms with Crippen molar-refractivity contribution in [2.24, 2.45) is 5.92 Å². The van der Waals surface area contributed by atoms with Gasteiger partial charge in [0.25, 0.3) is 0 Å². The second kappa shape index (κ2) is 8.14. The van der Waals surface area contributed by atoms with Crippen molar-refractivity contribution in [1.29, 1.82) is 0 Å². The van der Waals surface area contributed by atoms with Gasteiger partial charge in [-0.1, -0.05) is 33.1 Å². The van der Waals surface area contributed by atoms with Crippen molar-refractivity contribution >= 4 is 11.3 Å². The molecule has 0 spiro atoms. The molecule has 0 bridgehead atoms. The van der Waals surface area contributed by atoms with Crippen molar-refractivity contribution in [3.05, 3.63) is 15.6 Å².